The fourth-order valence-electron chi connectivity index (χ4n) is 2.49. The van der Waals surface area contributed by atoms with E-state index in [1.54, 1.807) is 0 Å². The highest BCUT2D eigenvalue weighted by atomic mass is 35.5. The van der Waals surface area contributed by atoms with E-state index in [1.165, 1.54) is 0 Å². The second-order valence-electron chi connectivity index (χ2n) is 5.82. The van der Waals surface area contributed by atoms with Gasteiger partial charge < -0.3 is 15.7 Å². The molecule has 0 saturated carbocycles. The van der Waals surface area contributed by atoms with Gasteiger partial charge in [0.15, 0.2) is 0 Å². The molecule has 0 radical (unpaired) electrons. The van der Waals surface area contributed by atoms with Crippen molar-refractivity contribution in [2.45, 2.75) is 13.0 Å². The van der Waals surface area contributed by atoms with Crippen molar-refractivity contribution in [1.29, 1.82) is 0 Å². The number of aromatic nitrogens is 2. The van der Waals surface area contributed by atoms with E-state index in [2.05, 4.69) is 20.6 Å². The number of nitrogens with zero attached hydrogens (tertiary/aromatic N) is 2. The van der Waals surface area contributed by atoms with E-state index < -0.39 is 0 Å². The van der Waals surface area contributed by atoms with Crippen LogP contribution in [0.5, 0.6) is 0 Å². The minimum atomic E-state index is 0.130. The molecule has 0 amide bonds. The van der Waals surface area contributed by atoms with Gasteiger partial charge in [-0.15, -0.1) is 0 Å². The smallest absolute Gasteiger partial charge is 0.225 e. The van der Waals surface area contributed by atoms with Crippen molar-refractivity contribution in [3.05, 3.63) is 71.2 Å². The lowest BCUT2D eigenvalue weighted by molar-refractivity contribution is 0.292. The number of aliphatic hydroxyl groups is 1. The van der Waals surface area contributed by atoms with Crippen molar-refractivity contribution in [2.24, 2.45) is 0 Å². The van der Waals surface area contributed by atoms with Crippen LogP contribution in [0.4, 0.5) is 11.8 Å². The monoisotopic (exact) mass is 368 g/mol. The lowest BCUT2D eigenvalue weighted by Gasteiger charge is -2.11. The summed E-state index contributed by atoms with van der Waals surface area (Å²) >= 11 is 6.04. The molecule has 5 nitrogen and oxygen atoms in total. The van der Waals surface area contributed by atoms with Crippen LogP contribution < -0.4 is 10.6 Å². The molecular formula is C20H21ClN4O. The first-order chi connectivity index (χ1) is 12.7. The van der Waals surface area contributed by atoms with Gasteiger partial charge in [0.05, 0.1) is 5.69 Å². The maximum absolute atomic E-state index is 8.96. The molecule has 0 aliphatic carbocycles. The average Bonchev–Trinajstić information content (AvgIpc) is 2.67. The summed E-state index contributed by atoms with van der Waals surface area (Å²) in [5, 5.41) is 16.2. The van der Waals surface area contributed by atoms with Crippen LogP contribution in [-0.4, -0.2) is 28.2 Å². The zero-order chi connectivity index (χ0) is 18.2. The van der Waals surface area contributed by atoms with Crippen molar-refractivity contribution in [3.63, 3.8) is 0 Å². The molecule has 0 atom stereocenters. The lowest BCUT2D eigenvalue weighted by atomic mass is 10.1. The van der Waals surface area contributed by atoms with Crippen molar-refractivity contribution >= 4 is 23.4 Å². The van der Waals surface area contributed by atoms with E-state index in [0.717, 1.165) is 22.6 Å². The predicted molar refractivity (Wildman–Crippen MR) is 106 cm³/mol. The third-order valence-corrected chi connectivity index (χ3v) is 4.01. The molecule has 0 aliphatic rings. The van der Waals surface area contributed by atoms with Crippen LogP contribution in [0.1, 0.15) is 12.0 Å². The number of anilines is 2. The molecule has 0 saturated heterocycles. The molecule has 26 heavy (non-hydrogen) atoms. The maximum Gasteiger partial charge on any atom is 0.225 e. The molecule has 134 valence electrons. The second-order valence-corrected chi connectivity index (χ2v) is 6.25. The van der Waals surface area contributed by atoms with Gasteiger partial charge in [-0.05, 0) is 24.1 Å². The van der Waals surface area contributed by atoms with Crippen LogP contribution >= 0.6 is 11.6 Å². The van der Waals surface area contributed by atoms with Gasteiger partial charge >= 0.3 is 0 Å². The minimum absolute atomic E-state index is 0.130. The Morgan fingerprint density at radius 3 is 2.54 bits per heavy atom. The average molecular weight is 369 g/mol. The van der Waals surface area contributed by atoms with E-state index >= 15 is 0 Å². The molecule has 2 aromatic carbocycles. The molecule has 3 aromatic rings. The van der Waals surface area contributed by atoms with Crippen LogP contribution in [0, 0.1) is 0 Å². The van der Waals surface area contributed by atoms with Crippen molar-refractivity contribution in [1.82, 2.24) is 9.97 Å². The fourth-order valence-corrected chi connectivity index (χ4v) is 2.71. The van der Waals surface area contributed by atoms with E-state index in [9.17, 15) is 0 Å². The highest BCUT2D eigenvalue weighted by Gasteiger charge is 2.07. The number of halogens is 1. The number of benzene rings is 2. The summed E-state index contributed by atoms with van der Waals surface area (Å²) in [6, 6.07) is 19.6. The fraction of sp³-hybridized carbons (Fsp3) is 0.200. The third-order valence-electron chi connectivity index (χ3n) is 3.78. The number of hydrogen-bond donors (Lipinski definition) is 3. The molecule has 0 spiro atoms. The molecule has 6 heteroatoms. The summed E-state index contributed by atoms with van der Waals surface area (Å²) in [6.07, 6.45) is 0.643. The van der Waals surface area contributed by atoms with Crippen LogP contribution in [0.2, 0.25) is 5.02 Å². The Morgan fingerprint density at radius 1 is 0.923 bits per heavy atom. The first kappa shape index (κ1) is 18.2. The molecule has 3 N–H and O–H groups in total. The highest BCUT2D eigenvalue weighted by molar-refractivity contribution is 6.30. The van der Waals surface area contributed by atoms with E-state index in [4.69, 9.17) is 16.7 Å². The Bertz CT molecular complexity index is 842. The van der Waals surface area contributed by atoms with Crippen molar-refractivity contribution < 1.29 is 5.11 Å². The third kappa shape index (κ3) is 5.18. The van der Waals surface area contributed by atoms with Gasteiger partial charge in [0, 0.05) is 36.3 Å². The zero-order valence-corrected chi connectivity index (χ0v) is 15.1. The highest BCUT2D eigenvalue weighted by Crippen LogP contribution is 2.22. The molecule has 0 unspecified atom stereocenters. The number of hydrogen-bond acceptors (Lipinski definition) is 5. The Balaban J connectivity index is 1.81. The Kier molecular flexibility index (Phi) is 6.41. The maximum atomic E-state index is 8.96. The minimum Gasteiger partial charge on any atom is -0.396 e. The molecule has 3 rings (SSSR count). The normalized spacial score (nSPS) is 10.5. The topological polar surface area (TPSA) is 70.1 Å². The summed E-state index contributed by atoms with van der Waals surface area (Å²) in [7, 11) is 0. The van der Waals surface area contributed by atoms with Crippen molar-refractivity contribution in [3.8, 4) is 11.3 Å². The van der Waals surface area contributed by atoms with Crippen LogP contribution in [-0.2, 0) is 6.54 Å². The first-order valence-corrected chi connectivity index (χ1v) is 8.90. The van der Waals surface area contributed by atoms with Gasteiger partial charge in [-0.3, -0.25) is 0 Å². The number of aliphatic hydroxyl groups excluding tert-OH is 1. The summed E-state index contributed by atoms with van der Waals surface area (Å²) in [6.45, 7) is 1.36. The van der Waals surface area contributed by atoms with Gasteiger partial charge in [-0.25, -0.2) is 4.98 Å². The van der Waals surface area contributed by atoms with Gasteiger partial charge in [0.2, 0.25) is 5.95 Å². The Labute approximate surface area is 158 Å². The van der Waals surface area contributed by atoms with Crippen LogP contribution in [0.15, 0.2) is 60.7 Å². The number of nitrogens with one attached hydrogen (secondary N) is 2. The Morgan fingerprint density at radius 2 is 1.77 bits per heavy atom. The summed E-state index contributed by atoms with van der Waals surface area (Å²) in [5.41, 5.74) is 2.93. The van der Waals surface area contributed by atoms with Gasteiger partial charge in [0.1, 0.15) is 5.82 Å². The summed E-state index contributed by atoms with van der Waals surface area (Å²) < 4.78 is 0. The van der Waals surface area contributed by atoms with Crippen LogP contribution in [0.3, 0.4) is 0 Å². The van der Waals surface area contributed by atoms with Crippen LogP contribution in [0.25, 0.3) is 11.3 Å². The molecule has 0 fully saturated rings. The van der Waals surface area contributed by atoms with E-state index in [-0.39, 0.29) is 6.61 Å². The molecule has 0 aliphatic heterocycles. The molecule has 1 aromatic heterocycles. The standard InChI is InChI=1S/C20H21ClN4O/c21-17-9-4-6-15(12-17)14-23-19-13-18(16-7-2-1-3-8-16)24-20(25-19)22-10-5-11-26/h1-4,6-9,12-13,26H,5,10-11,14H2,(H2,22,23,24,25). The predicted octanol–water partition coefficient (Wildman–Crippen LogP) is 4.20. The summed E-state index contributed by atoms with van der Waals surface area (Å²) in [5.74, 6) is 1.26. The lowest BCUT2D eigenvalue weighted by Crippen LogP contribution is -2.10. The number of rotatable bonds is 8. The molecule has 0 bridgehead atoms. The van der Waals surface area contributed by atoms with E-state index in [1.807, 2.05) is 60.7 Å². The first-order valence-electron chi connectivity index (χ1n) is 8.52. The molecular weight excluding hydrogens is 348 g/mol. The molecule has 1 heterocycles. The summed E-state index contributed by atoms with van der Waals surface area (Å²) in [4.78, 5) is 9.10. The zero-order valence-electron chi connectivity index (χ0n) is 14.3. The van der Waals surface area contributed by atoms with Gasteiger partial charge in [-0.2, -0.15) is 4.98 Å². The second kappa shape index (κ2) is 9.17. The Hall–Kier alpha value is -2.63. The van der Waals surface area contributed by atoms with Gasteiger partial charge in [-0.1, -0.05) is 54.1 Å². The van der Waals surface area contributed by atoms with Gasteiger partial charge in [0.25, 0.3) is 0 Å². The van der Waals surface area contributed by atoms with E-state index in [0.29, 0.717) is 30.5 Å². The quantitative estimate of drug-likeness (QED) is 0.520. The SMILES string of the molecule is OCCCNc1nc(NCc2cccc(Cl)c2)cc(-c2ccccc2)n1. The largest absolute Gasteiger partial charge is 0.396 e. The van der Waals surface area contributed by atoms with Crippen molar-refractivity contribution in [2.75, 3.05) is 23.8 Å².